The van der Waals surface area contributed by atoms with Crippen molar-refractivity contribution >= 4 is 11.8 Å². The largest absolute Gasteiger partial charge is 0.342 e. The number of nitrogens with zero attached hydrogens (tertiary/aromatic N) is 4. The minimum atomic E-state index is -0.414. The van der Waals surface area contributed by atoms with Crippen LogP contribution in [-0.4, -0.2) is 51.2 Å². The van der Waals surface area contributed by atoms with Crippen molar-refractivity contribution in [3.05, 3.63) is 58.9 Å². The number of fused-ring (bicyclic) bond motifs is 1. The van der Waals surface area contributed by atoms with Crippen LogP contribution in [0.1, 0.15) is 53.1 Å². The van der Waals surface area contributed by atoms with Gasteiger partial charge in [-0.15, -0.1) is 0 Å². The second-order valence-electron chi connectivity index (χ2n) is 7.49. The smallest absolute Gasteiger partial charge is 0.254 e. The molecule has 1 atom stereocenters. The highest BCUT2D eigenvalue weighted by Gasteiger charge is 2.28. The van der Waals surface area contributed by atoms with E-state index < -0.39 is 5.82 Å². The Bertz CT molecular complexity index is 917. The molecule has 1 saturated heterocycles. The number of likely N-dealkylation sites (tertiary alicyclic amines) is 1. The fourth-order valence-electron chi connectivity index (χ4n) is 3.98. The van der Waals surface area contributed by atoms with E-state index in [1.165, 1.54) is 12.1 Å². The van der Waals surface area contributed by atoms with Crippen LogP contribution in [0, 0.1) is 5.82 Å². The number of carbonyl (C=O) groups is 2. The van der Waals surface area contributed by atoms with Crippen molar-refractivity contribution < 1.29 is 14.0 Å². The van der Waals surface area contributed by atoms with E-state index in [1.807, 2.05) is 4.90 Å². The number of piperidine rings is 1. The molecular formula is C21H23FN4O2. The molecule has 1 fully saturated rings. The Morgan fingerprint density at radius 3 is 2.86 bits per heavy atom. The third kappa shape index (κ3) is 3.74. The highest BCUT2D eigenvalue weighted by molar-refractivity contribution is 5.94. The van der Waals surface area contributed by atoms with Gasteiger partial charge in [0.1, 0.15) is 11.6 Å². The van der Waals surface area contributed by atoms with Crippen LogP contribution in [0.25, 0.3) is 0 Å². The number of aromatic nitrogens is 2. The van der Waals surface area contributed by atoms with Crippen molar-refractivity contribution in [2.24, 2.45) is 0 Å². The highest BCUT2D eigenvalue weighted by Crippen LogP contribution is 2.26. The van der Waals surface area contributed by atoms with Gasteiger partial charge < -0.3 is 9.80 Å². The average molecular weight is 382 g/mol. The van der Waals surface area contributed by atoms with Gasteiger partial charge in [-0.05, 0) is 31.0 Å². The summed E-state index contributed by atoms with van der Waals surface area (Å²) in [6, 6.07) is 5.77. The van der Waals surface area contributed by atoms with Crippen molar-refractivity contribution in [2.75, 3.05) is 19.6 Å². The minimum Gasteiger partial charge on any atom is -0.342 e. The first kappa shape index (κ1) is 18.5. The lowest BCUT2D eigenvalue weighted by molar-refractivity contribution is -0.130. The number of carbonyl (C=O) groups excluding carboxylic acids is 2. The zero-order valence-corrected chi connectivity index (χ0v) is 15.9. The molecule has 1 aromatic heterocycles. The van der Waals surface area contributed by atoms with Crippen molar-refractivity contribution in [3.63, 3.8) is 0 Å². The lowest BCUT2D eigenvalue weighted by Crippen LogP contribution is -2.39. The van der Waals surface area contributed by atoms with Gasteiger partial charge in [0.05, 0.1) is 5.69 Å². The van der Waals surface area contributed by atoms with Gasteiger partial charge >= 0.3 is 0 Å². The number of benzene rings is 1. The van der Waals surface area contributed by atoms with Crippen LogP contribution in [-0.2, 0) is 17.8 Å². The molecule has 0 radical (unpaired) electrons. The Kier molecular flexibility index (Phi) is 5.07. The van der Waals surface area contributed by atoms with Gasteiger partial charge in [-0.3, -0.25) is 9.59 Å². The summed E-state index contributed by atoms with van der Waals surface area (Å²) in [4.78, 5) is 37.2. The van der Waals surface area contributed by atoms with E-state index in [0.29, 0.717) is 31.6 Å². The van der Waals surface area contributed by atoms with Gasteiger partial charge in [0.2, 0.25) is 5.91 Å². The molecule has 0 aliphatic carbocycles. The first-order valence-corrected chi connectivity index (χ1v) is 9.66. The maximum Gasteiger partial charge on any atom is 0.254 e. The Hall–Kier alpha value is -2.83. The molecule has 3 heterocycles. The molecule has 0 bridgehead atoms. The summed E-state index contributed by atoms with van der Waals surface area (Å²) in [7, 11) is 0. The third-order valence-corrected chi connectivity index (χ3v) is 5.54. The molecular weight excluding hydrogens is 359 g/mol. The molecule has 6 nitrogen and oxygen atoms in total. The molecule has 0 saturated carbocycles. The van der Waals surface area contributed by atoms with E-state index in [2.05, 4.69) is 4.98 Å². The maximum absolute atomic E-state index is 13.4. The molecule has 28 heavy (non-hydrogen) atoms. The molecule has 2 amide bonds. The average Bonchev–Trinajstić information content (AvgIpc) is 2.72. The number of hydrogen-bond donors (Lipinski definition) is 0. The molecule has 1 aromatic carbocycles. The normalized spacial score (nSPS) is 19.3. The topological polar surface area (TPSA) is 66.4 Å². The van der Waals surface area contributed by atoms with E-state index in [0.717, 1.165) is 36.5 Å². The van der Waals surface area contributed by atoms with Crippen LogP contribution < -0.4 is 0 Å². The van der Waals surface area contributed by atoms with Gasteiger partial charge in [-0.1, -0.05) is 6.07 Å². The monoisotopic (exact) mass is 382 g/mol. The van der Waals surface area contributed by atoms with Gasteiger partial charge in [0, 0.05) is 62.8 Å². The Labute approximate surface area is 163 Å². The summed E-state index contributed by atoms with van der Waals surface area (Å²) in [5.74, 6) is 0.445. The lowest BCUT2D eigenvalue weighted by Gasteiger charge is -2.32. The zero-order chi connectivity index (χ0) is 19.7. The standard InChI is InChI=1S/C21H23FN4O2/c1-14(27)25-8-3-5-16(12-25)20-23-11-17-13-26(9-7-19(17)24-20)21(28)15-4-2-6-18(22)10-15/h2,4,6,10-11,16H,3,5,7-9,12-13H2,1H3. The number of hydrogen-bond acceptors (Lipinski definition) is 4. The highest BCUT2D eigenvalue weighted by atomic mass is 19.1. The Morgan fingerprint density at radius 1 is 1.21 bits per heavy atom. The Balaban J connectivity index is 1.49. The van der Waals surface area contributed by atoms with Crippen LogP contribution in [0.5, 0.6) is 0 Å². The van der Waals surface area contributed by atoms with Crippen molar-refractivity contribution in [3.8, 4) is 0 Å². The third-order valence-electron chi connectivity index (χ3n) is 5.54. The van der Waals surface area contributed by atoms with Crippen LogP contribution in [0.3, 0.4) is 0 Å². The molecule has 2 aliphatic rings. The Morgan fingerprint density at radius 2 is 2.07 bits per heavy atom. The summed E-state index contributed by atoms with van der Waals surface area (Å²) in [5.41, 5.74) is 2.25. The number of halogens is 1. The van der Waals surface area contributed by atoms with Gasteiger partial charge in [-0.2, -0.15) is 0 Å². The second-order valence-corrected chi connectivity index (χ2v) is 7.49. The molecule has 4 rings (SSSR count). The molecule has 0 spiro atoms. The van der Waals surface area contributed by atoms with E-state index in [1.54, 1.807) is 30.2 Å². The van der Waals surface area contributed by atoms with Crippen molar-refractivity contribution in [2.45, 2.75) is 38.6 Å². The summed E-state index contributed by atoms with van der Waals surface area (Å²) >= 11 is 0. The van der Waals surface area contributed by atoms with E-state index in [-0.39, 0.29) is 17.7 Å². The maximum atomic E-state index is 13.4. The predicted octanol–water partition coefficient (Wildman–Crippen LogP) is 2.54. The van der Waals surface area contributed by atoms with Crippen LogP contribution in [0.15, 0.2) is 30.5 Å². The summed E-state index contributed by atoms with van der Waals surface area (Å²) in [5, 5.41) is 0. The number of amides is 2. The molecule has 2 aliphatic heterocycles. The predicted molar refractivity (Wildman–Crippen MR) is 101 cm³/mol. The van der Waals surface area contributed by atoms with E-state index in [9.17, 15) is 14.0 Å². The van der Waals surface area contributed by atoms with Crippen LogP contribution in [0.4, 0.5) is 4.39 Å². The van der Waals surface area contributed by atoms with Crippen molar-refractivity contribution in [1.29, 1.82) is 0 Å². The first-order valence-electron chi connectivity index (χ1n) is 9.66. The lowest BCUT2D eigenvalue weighted by atomic mass is 9.96. The van der Waals surface area contributed by atoms with Gasteiger partial charge in [0.25, 0.3) is 5.91 Å². The van der Waals surface area contributed by atoms with Crippen LogP contribution in [0.2, 0.25) is 0 Å². The summed E-state index contributed by atoms with van der Waals surface area (Å²) < 4.78 is 13.4. The van der Waals surface area contributed by atoms with Gasteiger partial charge in [-0.25, -0.2) is 14.4 Å². The summed E-state index contributed by atoms with van der Waals surface area (Å²) in [6.45, 7) is 4.03. The van der Waals surface area contributed by atoms with Crippen LogP contribution >= 0.6 is 0 Å². The van der Waals surface area contributed by atoms with E-state index in [4.69, 9.17) is 4.98 Å². The molecule has 146 valence electrons. The molecule has 2 aromatic rings. The second kappa shape index (κ2) is 7.66. The minimum absolute atomic E-state index is 0.0918. The molecule has 0 N–H and O–H groups in total. The van der Waals surface area contributed by atoms with Gasteiger partial charge in [0.15, 0.2) is 0 Å². The quantitative estimate of drug-likeness (QED) is 0.801. The summed E-state index contributed by atoms with van der Waals surface area (Å²) in [6.07, 6.45) is 4.39. The molecule has 1 unspecified atom stereocenters. The fraction of sp³-hybridized carbons (Fsp3) is 0.429. The SMILES string of the molecule is CC(=O)N1CCCC(c2ncc3c(n2)CCN(C(=O)c2cccc(F)c2)C3)C1. The van der Waals surface area contributed by atoms with Crippen molar-refractivity contribution in [1.82, 2.24) is 19.8 Å². The number of rotatable bonds is 2. The molecule has 7 heteroatoms. The van der Waals surface area contributed by atoms with E-state index >= 15 is 0 Å². The fourth-order valence-corrected chi connectivity index (χ4v) is 3.98. The zero-order valence-electron chi connectivity index (χ0n) is 15.9. The first-order chi connectivity index (χ1) is 13.5.